The Bertz CT molecular complexity index is 924. The fraction of sp³-hybridized carbons (Fsp3) is 0.400. The lowest BCUT2D eigenvalue weighted by molar-refractivity contribution is -0.149. The number of ether oxygens (including phenoxy) is 1. The normalized spacial score (nSPS) is 23.2. The Labute approximate surface area is 172 Å². The van der Waals surface area contributed by atoms with Gasteiger partial charge in [0.2, 0.25) is 0 Å². The number of nitrogens with zero attached hydrogens (tertiary/aromatic N) is 1. The van der Waals surface area contributed by atoms with Crippen molar-refractivity contribution in [3.8, 4) is 0 Å². The predicted octanol–water partition coefficient (Wildman–Crippen LogP) is 4.80. The fourth-order valence-electron chi connectivity index (χ4n) is 4.65. The summed E-state index contributed by atoms with van der Waals surface area (Å²) in [6, 6.07) is 17.7. The number of hydrogen-bond donors (Lipinski definition) is 0. The van der Waals surface area contributed by atoms with Gasteiger partial charge < -0.3 is 4.74 Å². The summed E-state index contributed by atoms with van der Waals surface area (Å²) in [6.07, 6.45) is 4.49. The van der Waals surface area contributed by atoms with Gasteiger partial charge in [-0.3, -0.25) is 14.6 Å². The minimum atomic E-state index is -0.205. The van der Waals surface area contributed by atoms with E-state index in [0.717, 1.165) is 48.9 Å². The van der Waals surface area contributed by atoms with E-state index < -0.39 is 0 Å². The average Bonchev–Trinajstić information content (AvgIpc) is 2.75. The van der Waals surface area contributed by atoms with Crippen LogP contribution in [0.4, 0.5) is 0 Å². The molecule has 0 saturated heterocycles. The van der Waals surface area contributed by atoms with Crippen LogP contribution in [0.15, 0.2) is 59.6 Å². The molecule has 4 rings (SSSR count). The number of fused-ring (bicyclic) bond motifs is 1. The number of benzene rings is 2. The highest BCUT2D eigenvalue weighted by Gasteiger charge is 2.41. The van der Waals surface area contributed by atoms with Gasteiger partial charge in [0.25, 0.3) is 0 Å². The van der Waals surface area contributed by atoms with Gasteiger partial charge in [-0.05, 0) is 50.2 Å². The van der Waals surface area contributed by atoms with Crippen LogP contribution in [-0.4, -0.2) is 29.6 Å². The maximum absolute atomic E-state index is 12.9. The first kappa shape index (κ1) is 19.6. The van der Waals surface area contributed by atoms with E-state index in [9.17, 15) is 9.59 Å². The number of rotatable bonds is 5. The molecule has 1 aliphatic heterocycles. The molecule has 4 nitrogen and oxygen atoms in total. The average molecular weight is 389 g/mol. The van der Waals surface area contributed by atoms with Crippen molar-refractivity contribution in [3.63, 3.8) is 0 Å². The molecular formula is C25H27NO3. The van der Waals surface area contributed by atoms with Crippen molar-refractivity contribution in [1.29, 1.82) is 0 Å². The maximum atomic E-state index is 12.9. The maximum Gasteiger partial charge on any atom is 0.308 e. The second-order valence-corrected chi connectivity index (χ2v) is 8.11. The molecule has 2 aromatic rings. The van der Waals surface area contributed by atoms with E-state index in [4.69, 9.17) is 9.73 Å². The summed E-state index contributed by atoms with van der Waals surface area (Å²) in [6.45, 7) is 2.28. The fourth-order valence-corrected chi connectivity index (χ4v) is 4.65. The van der Waals surface area contributed by atoms with E-state index in [1.807, 2.05) is 43.3 Å². The van der Waals surface area contributed by atoms with E-state index in [0.29, 0.717) is 13.0 Å². The summed E-state index contributed by atoms with van der Waals surface area (Å²) in [4.78, 5) is 30.2. The van der Waals surface area contributed by atoms with Gasteiger partial charge in [-0.25, -0.2) is 0 Å². The number of aliphatic imine (C=N–C) groups is 1. The topological polar surface area (TPSA) is 55.7 Å². The summed E-state index contributed by atoms with van der Waals surface area (Å²) in [7, 11) is 0. The Morgan fingerprint density at radius 2 is 1.72 bits per heavy atom. The van der Waals surface area contributed by atoms with Gasteiger partial charge >= 0.3 is 5.97 Å². The molecule has 1 spiro atoms. The highest BCUT2D eigenvalue weighted by molar-refractivity contribution is 6.16. The summed E-state index contributed by atoms with van der Waals surface area (Å²) < 4.78 is 5.22. The molecule has 4 heteroatoms. The molecule has 0 aromatic heterocycles. The number of carbonyl (C=O) groups excluding carboxylic acids is 2. The van der Waals surface area contributed by atoms with Gasteiger partial charge in [-0.1, -0.05) is 54.6 Å². The molecule has 1 fully saturated rings. The van der Waals surface area contributed by atoms with Gasteiger partial charge in [-0.15, -0.1) is 0 Å². The first-order valence-corrected chi connectivity index (χ1v) is 10.5. The highest BCUT2D eigenvalue weighted by Crippen LogP contribution is 2.41. The molecule has 1 saturated carbocycles. The molecule has 2 aromatic carbocycles. The minimum Gasteiger partial charge on any atom is -0.466 e. The van der Waals surface area contributed by atoms with E-state index in [1.165, 1.54) is 5.56 Å². The minimum absolute atomic E-state index is 0.0256. The number of carbonyl (C=O) groups is 2. The second-order valence-electron chi connectivity index (χ2n) is 8.11. The standard InChI is InChI=1S/C25H27NO3/c1-2-29-24(28)19-12-14-25(15-13-19)17-20-10-6-7-11-21(20)22(26-25)16-23(27)18-8-4-3-5-9-18/h3-11,19H,2,12-17H2,1H3. The molecule has 1 heterocycles. The van der Waals surface area contributed by atoms with Crippen LogP contribution in [0.2, 0.25) is 0 Å². The summed E-state index contributed by atoms with van der Waals surface area (Å²) in [5.41, 5.74) is 3.75. The Kier molecular flexibility index (Phi) is 5.61. The Balaban J connectivity index is 1.58. The van der Waals surface area contributed by atoms with Crippen molar-refractivity contribution in [3.05, 3.63) is 71.3 Å². The van der Waals surface area contributed by atoms with Crippen molar-refractivity contribution in [2.45, 2.75) is 51.0 Å². The highest BCUT2D eigenvalue weighted by atomic mass is 16.5. The lowest BCUT2D eigenvalue weighted by Gasteiger charge is -2.40. The van der Waals surface area contributed by atoms with Crippen LogP contribution < -0.4 is 0 Å². The van der Waals surface area contributed by atoms with E-state index in [2.05, 4.69) is 18.2 Å². The molecule has 0 atom stereocenters. The molecule has 0 radical (unpaired) electrons. The molecule has 2 aliphatic rings. The molecular weight excluding hydrogens is 362 g/mol. The van der Waals surface area contributed by atoms with Crippen LogP contribution in [0, 0.1) is 5.92 Å². The molecule has 0 bridgehead atoms. The molecule has 0 N–H and O–H groups in total. The molecule has 0 unspecified atom stereocenters. The third-order valence-electron chi connectivity index (χ3n) is 6.18. The lowest BCUT2D eigenvalue weighted by Crippen LogP contribution is -2.40. The Morgan fingerprint density at radius 1 is 1.03 bits per heavy atom. The lowest BCUT2D eigenvalue weighted by atomic mass is 9.71. The third-order valence-corrected chi connectivity index (χ3v) is 6.18. The summed E-state index contributed by atoms with van der Waals surface area (Å²) in [5.74, 6) is -0.0132. The van der Waals surface area contributed by atoms with Crippen LogP contribution in [-0.2, 0) is 16.0 Å². The molecule has 150 valence electrons. The van der Waals surface area contributed by atoms with Gasteiger partial charge in [0.1, 0.15) is 0 Å². The number of ketones is 1. The van der Waals surface area contributed by atoms with Crippen molar-refractivity contribution in [2.24, 2.45) is 10.9 Å². The third kappa shape index (κ3) is 4.16. The van der Waals surface area contributed by atoms with Crippen LogP contribution in [0.25, 0.3) is 0 Å². The predicted molar refractivity (Wildman–Crippen MR) is 113 cm³/mol. The summed E-state index contributed by atoms with van der Waals surface area (Å²) >= 11 is 0. The zero-order valence-corrected chi connectivity index (χ0v) is 16.9. The molecule has 1 aliphatic carbocycles. The number of Topliss-reactive ketones (excluding diaryl/α,β-unsaturated/α-hetero) is 1. The van der Waals surface area contributed by atoms with Gasteiger partial charge in [0, 0.05) is 5.56 Å². The summed E-state index contributed by atoms with van der Waals surface area (Å²) in [5, 5.41) is 0. The van der Waals surface area contributed by atoms with Crippen molar-refractivity contribution in [1.82, 2.24) is 0 Å². The quantitative estimate of drug-likeness (QED) is 0.545. The van der Waals surface area contributed by atoms with E-state index in [1.54, 1.807) is 0 Å². The van der Waals surface area contributed by atoms with E-state index >= 15 is 0 Å². The van der Waals surface area contributed by atoms with Crippen LogP contribution >= 0.6 is 0 Å². The van der Waals surface area contributed by atoms with Crippen LogP contribution in [0.5, 0.6) is 0 Å². The molecule has 29 heavy (non-hydrogen) atoms. The van der Waals surface area contributed by atoms with Gasteiger partial charge in [-0.2, -0.15) is 0 Å². The first-order valence-electron chi connectivity index (χ1n) is 10.5. The monoisotopic (exact) mass is 389 g/mol. The largest absolute Gasteiger partial charge is 0.466 e. The Morgan fingerprint density at radius 3 is 2.45 bits per heavy atom. The molecule has 0 amide bonds. The van der Waals surface area contributed by atoms with Crippen molar-refractivity contribution in [2.75, 3.05) is 6.61 Å². The van der Waals surface area contributed by atoms with Crippen LogP contribution in [0.3, 0.4) is 0 Å². The smallest absolute Gasteiger partial charge is 0.308 e. The number of esters is 1. The Hall–Kier alpha value is -2.75. The van der Waals surface area contributed by atoms with Crippen LogP contribution in [0.1, 0.15) is 60.5 Å². The number of hydrogen-bond acceptors (Lipinski definition) is 4. The first-order chi connectivity index (χ1) is 14.1. The van der Waals surface area contributed by atoms with Gasteiger partial charge in [0.15, 0.2) is 5.78 Å². The van der Waals surface area contributed by atoms with Gasteiger partial charge in [0.05, 0.1) is 30.2 Å². The zero-order valence-electron chi connectivity index (χ0n) is 16.9. The van der Waals surface area contributed by atoms with Crippen molar-refractivity contribution >= 4 is 17.5 Å². The van der Waals surface area contributed by atoms with E-state index in [-0.39, 0.29) is 23.2 Å². The zero-order chi connectivity index (χ0) is 20.3. The van der Waals surface area contributed by atoms with Crippen molar-refractivity contribution < 1.29 is 14.3 Å². The SMILES string of the molecule is CCOC(=O)C1CCC2(CC1)Cc1ccccc1C(CC(=O)c1ccccc1)=N2. The second kappa shape index (κ2) is 8.32.